The van der Waals surface area contributed by atoms with E-state index in [1.807, 2.05) is 0 Å². The van der Waals surface area contributed by atoms with Crippen LogP contribution in [0.3, 0.4) is 0 Å². The molecule has 162 valence electrons. The zero-order chi connectivity index (χ0) is 22.0. The largest absolute Gasteiger partial charge is 0.497 e. The van der Waals surface area contributed by atoms with Gasteiger partial charge in [0.25, 0.3) is 0 Å². The van der Waals surface area contributed by atoms with Crippen molar-refractivity contribution in [2.75, 3.05) is 18.6 Å². The zero-order valence-electron chi connectivity index (χ0n) is 17.6. The molecular weight excluding hydrogens is 406 g/mol. The van der Waals surface area contributed by atoms with Crippen LogP contribution in [0, 0.1) is 35.5 Å². The summed E-state index contributed by atoms with van der Waals surface area (Å²) >= 11 is 0. The topological polar surface area (TPSA) is 72.9 Å². The molecule has 32 heavy (non-hydrogen) atoms. The van der Waals surface area contributed by atoms with E-state index in [4.69, 9.17) is 9.47 Å². The summed E-state index contributed by atoms with van der Waals surface area (Å²) in [4.78, 5) is 40.7. The maximum Gasteiger partial charge on any atom is 0.238 e. The molecule has 1 aliphatic heterocycles. The summed E-state index contributed by atoms with van der Waals surface area (Å²) in [6, 6.07) is 13.8. The summed E-state index contributed by atoms with van der Waals surface area (Å²) in [7, 11) is 1.57. The van der Waals surface area contributed by atoms with Crippen molar-refractivity contribution in [2.24, 2.45) is 35.5 Å². The van der Waals surface area contributed by atoms with E-state index in [2.05, 4.69) is 12.2 Å². The van der Waals surface area contributed by atoms with Crippen molar-refractivity contribution >= 4 is 23.3 Å². The maximum atomic E-state index is 13.4. The van der Waals surface area contributed by atoms with E-state index in [9.17, 15) is 14.4 Å². The number of allylic oxidation sites excluding steroid dienone is 2. The molecule has 2 aromatic carbocycles. The molecule has 6 atom stereocenters. The van der Waals surface area contributed by atoms with E-state index in [1.54, 1.807) is 55.6 Å². The van der Waals surface area contributed by atoms with E-state index >= 15 is 0 Å². The van der Waals surface area contributed by atoms with Gasteiger partial charge in [-0.15, -0.1) is 0 Å². The number of hydrogen-bond donors (Lipinski definition) is 0. The highest BCUT2D eigenvalue weighted by Gasteiger charge is 2.67. The summed E-state index contributed by atoms with van der Waals surface area (Å²) in [6.07, 6.45) is 5.44. The molecule has 7 rings (SSSR count). The van der Waals surface area contributed by atoms with Crippen molar-refractivity contribution in [1.82, 2.24) is 0 Å². The minimum Gasteiger partial charge on any atom is -0.497 e. The number of imide groups is 1. The lowest BCUT2D eigenvalue weighted by atomic mass is 9.63. The predicted octanol–water partition coefficient (Wildman–Crippen LogP) is 3.51. The smallest absolute Gasteiger partial charge is 0.238 e. The second kappa shape index (κ2) is 7.05. The third-order valence-electron chi connectivity index (χ3n) is 7.54. The maximum absolute atomic E-state index is 13.4. The van der Waals surface area contributed by atoms with Crippen LogP contribution in [-0.4, -0.2) is 31.3 Å². The molecule has 6 heteroatoms. The molecule has 2 aromatic rings. The van der Waals surface area contributed by atoms with Gasteiger partial charge in [-0.1, -0.05) is 24.3 Å². The average molecular weight is 429 g/mol. The van der Waals surface area contributed by atoms with Crippen LogP contribution in [0.1, 0.15) is 16.8 Å². The van der Waals surface area contributed by atoms with Crippen LogP contribution in [-0.2, 0) is 9.59 Å². The van der Waals surface area contributed by atoms with Crippen molar-refractivity contribution in [3.05, 3.63) is 66.2 Å². The van der Waals surface area contributed by atoms with Gasteiger partial charge in [-0.2, -0.15) is 0 Å². The zero-order valence-corrected chi connectivity index (χ0v) is 17.6. The van der Waals surface area contributed by atoms with Crippen LogP contribution in [0.2, 0.25) is 0 Å². The first kappa shape index (κ1) is 19.3. The van der Waals surface area contributed by atoms with E-state index in [0.717, 1.165) is 6.42 Å². The van der Waals surface area contributed by atoms with Gasteiger partial charge < -0.3 is 9.47 Å². The lowest BCUT2D eigenvalue weighted by Gasteiger charge is -2.37. The highest BCUT2D eigenvalue weighted by atomic mass is 16.5. The number of para-hydroxylation sites is 2. The van der Waals surface area contributed by atoms with E-state index in [1.165, 1.54) is 4.90 Å². The number of carbonyl (C=O) groups is 3. The fourth-order valence-electron chi connectivity index (χ4n) is 5.96. The van der Waals surface area contributed by atoms with Crippen LogP contribution >= 0.6 is 0 Å². The number of hydrogen-bond acceptors (Lipinski definition) is 5. The number of Topliss-reactive ketones (excluding diaryl/α,β-unsaturated/α-hetero) is 1. The molecule has 6 nitrogen and oxygen atoms in total. The van der Waals surface area contributed by atoms with Gasteiger partial charge >= 0.3 is 0 Å². The van der Waals surface area contributed by atoms with E-state index in [-0.39, 0.29) is 47.9 Å². The molecule has 0 N–H and O–H groups in total. The molecule has 0 radical (unpaired) electrons. The third-order valence-corrected chi connectivity index (χ3v) is 7.54. The van der Waals surface area contributed by atoms with Gasteiger partial charge in [0.2, 0.25) is 11.8 Å². The van der Waals surface area contributed by atoms with Gasteiger partial charge in [-0.3, -0.25) is 14.4 Å². The highest BCUT2D eigenvalue weighted by Crippen LogP contribution is 2.65. The molecule has 0 unspecified atom stereocenters. The van der Waals surface area contributed by atoms with E-state index in [0.29, 0.717) is 34.6 Å². The second-order valence-corrected chi connectivity index (χ2v) is 9.07. The van der Waals surface area contributed by atoms with E-state index < -0.39 is 0 Å². The first-order valence-electron chi connectivity index (χ1n) is 11.0. The number of rotatable bonds is 6. The molecule has 5 aliphatic rings. The van der Waals surface area contributed by atoms with Gasteiger partial charge in [0.15, 0.2) is 12.4 Å². The Morgan fingerprint density at radius 3 is 2.19 bits per heavy atom. The first-order valence-corrected chi connectivity index (χ1v) is 11.0. The number of anilines is 1. The minimum absolute atomic E-state index is 0.137. The molecule has 4 aliphatic carbocycles. The van der Waals surface area contributed by atoms with Crippen molar-refractivity contribution < 1.29 is 23.9 Å². The Morgan fingerprint density at radius 2 is 1.56 bits per heavy atom. The van der Waals surface area contributed by atoms with Crippen molar-refractivity contribution in [3.8, 4) is 11.5 Å². The van der Waals surface area contributed by atoms with Gasteiger partial charge in [0.05, 0.1) is 24.6 Å². The number of amides is 2. The molecule has 2 saturated carbocycles. The number of benzene rings is 2. The molecule has 1 heterocycles. The number of nitrogens with zero attached hydrogens (tertiary/aromatic N) is 1. The van der Waals surface area contributed by atoms with Crippen molar-refractivity contribution in [1.29, 1.82) is 0 Å². The first-order chi connectivity index (χ1) is 15.6. The highest BCUT2D eigenvalue weighted by molar-refractivity contribution is 6.23. The molecular formula is C26H23NO5. The molecule has 2 bridgehead atoms. The number of carbonyl (C=O) groups excluding carboxylic acids is 3. The van der Waals surface area contributed by atoms with Crippen LogP contribution in [0.15, 0.2) is 60.7 Å². The Morgan fingerprint density at radius 1 is 0.938 bits per heavy atom. The lowest BCUT2D eigenvalue weighted by molar-refractivity contribution is -0.124. The quantitative estimate of drug-likeness (QED) is 0.399. The third kappa shape index (κ3) is 2.75. The summed E-state index contributed by atoms with van der Waals surface area (Å²) in [5.74, 6) is 1.46. The molecule has 0 spiro atoms. The lowest BCUT2D eigenvalue weighted by Crippen LogP contribution is -2.40. The average Bonchev–Trinajstić information content (AvgIpc) is 3.61. The van der Waals surface area contributed by atoms with Crippen molar-refractivity contribution in [3.63, 3.8) is 0 Å². The Bertz CT molecular complexity index is 1120. The van der Waals surface area contributed by atoms with Gasteiger partial charge in [0.1, 0.15) is 11.5 Å². The fraction of sp³-hybridized carbons (Fsp3) is 0.346. The number of ketones is 1. The van der Waals surface area contributed by atoms with Gasteiger partial charge in [0, 0.05) is 5.56 Å². The van der Waals surface area contributed by atoms with Crippen LogP contribution < -0.4 is 14.4 Å². The summed E-state index contributed by atoms with van der Waals surface area (Å²) in [5, 5.41) is 0. The molecule has 1 saturated heterocycles. The SMILES string of the molecule is COc1ccc(C(=O)COc2ccccc2N2C(=O)[C@@H]3[C@H]4C=C[C@@H]([C@@H]5C[C@@H]45)[C@H]3C2=O)cc1. The normalized spacial score (nSPS) is 31.3. The fourth-order valence-corrected chi connectivity index (χ4v) is 5.96. The molecule has 2 amide bonds. The standard InChI is InChI=1S/C26H23NO5/c1-31-15-8-6-14(7-9-15)21(28)13-32-22-5-3-2-4-20(22)27-25(29)23-16-10-11-17(19-12-18(16)19)24(23)26(27)30/h2-11,16-19,23-24H,12-13H2,1H3/t16-,17-,18-,19-,23+,24+/m0/s1. The summed E-state index contributed by atoms with van der Waals surface area (Å²) in [5.41, 5.74) is 0.928. The van der Waals surface area contributed by atoms with Crippen molar-refractivity contribution in [2.45, 2.75) is 6.42 Å². The molecule has 3 fully saturated rings. The Hall–Kier alpha value is -3.41. The number of methoxy groups -OCH3 is 1. The van der Waals surface area contributed by atoms with Gasteiger partial charge in [-0.05, 0) is 66.5 Å². The van der Waals surface area contributed by atoms with Crippen LogP contribution in [0.4, 0.5) is 5.69 Å². The van der Waals surface area contributed by atoms with Crippen LogP contribution in [0.5, 0.6) is 11.5 Å². The van der Waals surface area contributed by atoms with Gasteiger partial charge in [-0.25, -0.2) is 4.90 Å². The predicted molar refractivity (Wildman–Crippen MR) is 116 cm³/mol. The monoisotopic (exact) mass is 429 g/mol. The summed E-state index contributed by atoms with van der Waals surface area (Å²) in [6.45, 7) is -0.191. The number of ether oxygens (including phenoxy) is 2. The minimum atomic E-state index is -0.268. The summed E-state index contributed by atoms with van der Waals surface area (Å²) < 4.78 is 11.0. The second-order valence-electron chi connectivity index (χ2n) is 9.07. The Kier molecular flexibility index (Phi) is 4.25. The van der Waals surface area contributed by atoms with Crippen LogP contribution in [0.25, 0.3) is 0 Å². The molecule has 0 aromatic heterocycles. The Labute approximate surface area is 185 Å². The Balaban J connectivity index is 1.24.